The Hall–Kier alpha value is -1.05. The van der Waals surface area contributed by atoms with E-state index < -0.39 is 0 Å². The van der Waals surface area contributed by atoms with E-state index in [0.29, 0.717) is 0 Å². The van der Waals surface area contributed by atoms with Crippen molar-refractivity contribution in [3.05, 3.63) is 23.9 Å². The molecule has 46 valence electrons. The molecule has 0 amide bonds. The number of fused-ring (bicyclic) bond motifs is 1. The lowest BCUT2D eigenvalue weighted by molar-refractivity contribution is 0.545. The average Bonchev–Trinajstić information content (AvgIpc) is 2.33. The van der Waals surface area contributed by atoms with Crippen LogP contribution in [0.5, 0.6) is 0 Å². The minimum absolute atomic E-state index is 0.932. The summed E-state index contributed by atoms with van der Waals surface area (Å²) < 4.78 is 5.06. The summed E-state index contributed by atoms with van der Waals surface area (Å²) in [5.41, 5.74) is 1.09. The molecule has 0 bridgehead atoms. The van der Waals surface area contributed by atoms with E-state index in [4.69, 9.17) is 4.42 Å². The molecular weight excluding hydrogens is 114 g/mol. The van der Waals surface area contributed by atoms with Crippen LogP contribution in [0.1, 0.15) is 17.9 Å². The molecule has 1 aliphatic carbocycles. The summed E-state index contributed by atoms with van der Waals surface area (Å²) >= 11 is 0. The van der Waals surface area contributed by atoms with Gasteiger partial charge in [0.25, 0.3) is 0 Å². The number of aryl methyl sites for hydroxylation is 1. The largest absolute Gasteiger partial charge is 0.444 e. The molecule has 1 aromatic heterocycles. The molecule has 0 aromatic carbocycles. The van der Waals surface area contributed by atoms with E-state index in [1.54, 1.807) is 0 Å². The van der Waals surface area contributed by atoms with E-state index in [1.807, 2.05) is 6.08 Å². The highest BCUT2D eigenvalue weighted by Crippen LogP contribution is 2.16. The maximum atomic E-state index is 5.06. The molecule has 2 heteroatoms. The molecule has 0 spiro atoms. The van der Waals surface area contributed by atoms with Crippen LogP contribution in [0, 0.1) is 0 Å². The van der Waals surface area contributed by atoms with Crippen molar-refractivity contribution in [2.24, 2.45) is 0 Å². The lowest BCUT2D eigenvalue weighted by atomic mass is 10.1. The highest BCUT2D eigenvalue weighted by atomic mass is 16.3. The molecule has 0 saturated heterocycles. The molecule has 2 rings (SSSR count). The zero-order valence-corrected chi connectivity index (χ0v) is 5.00. The van der Waals surface area contributed by atoms with Gasteiger partial charge in [-0.05, 0) is 18.9 Å². The lowest BCUT2D eigenvalue weighted by Crippen LogP contribution is -1.90. The van der Waals surface area contributed by atoms with Crippen molar-refractivity contribution in [3.63, 3.8) is 0 Å². The molecule has 1 heterocycles. The van der Waals surface area contributed by atoms with Crippen LogP contribution < -0.4 is 0 Å². The van der Waals surface area contributed by atoms with Crippen LogP contribution in [0.3, 0.4) is 0 Å². The molecule has 1 aromatic rings. The van der Waals surface area contributed by atoms with Crippen LogP contribution in [-0.2, 0) is 6.42 Å². The Morgan fingerprint density at radius 2 is 2.56 bits per heavy atom. The Morgan fingerprint density at radius 3 is 3.44 bits per heavy atom. The Kier molecular flexibility index (Phi) is 0.918. The maximum Gasteiger partial charge on any atom is 0.181 e. The molecule has 0 radical (unpaired) electrons. The molecule has 9 heavy (non-hydrogen) atoms. The fourth-order valence-electron chi connectivity index (χ4n) is 1.01. The van der Waals surface area contributed by atoms with E-state index in [1.165, 1.54) is 6.39 Å². The molecule has 0 aliphatic heterocycles. The first-order chi connectivity index (χ1) is 4.47. The quantitative estimate of drug-likeness (QED) is 0.521. The average molecular weight is 121 g/mol. The maximum absolute atomic E-state index is 5.06. The zero-order valence-electron chi connectivity index (χ0n) is 5.00. The van der Waals surface area contributed by atoms with E-state index in [9.17, 15) is 0 Å². The van der Waals surface area contributed by atoms with Gasteiger partial charge in [-0.3, -0.25) is 0 Å². The van der Waals surface area contributed by atoms with E-state index >= 15 is 0 Å². The van der Waals surface area contributed by atoms with Crippen LogP contribution >= 0.6 is 0 Å². The Balaban J connectivity index is 2.53. The normalized spacial score (nSPS) is 15.6. The van der Waals surface area contributed by atoms with Crippen molar-refractivity contribution >= 4 is 6.08 Å². The van der Waals surface area contributed by atoms with Gasteiger partial charge >= 0.3 is 0 Å². The SMILES string of the molecule is C1=Cc2ocnc2CC1. The van der Waals surface area contributed by atoms with Crippen molar-refractivity contribution in [2.45, 2.75) is 12.8 Å². The van der Waals surface area contributed by atoms with Gasteiger partial charge in [-0.25, -0.2) is 4.98 Å². The molecule has 1 aliphatic rings. The third-order valence-corrected chi connectivity index (χ3v) is 1.49. The zero-order chi connectivity index (χ0) is 6.10. The number of nitrogens with zero attached hydrogens (tertiary/aromatic N) is 1. The second-order valence-electron chi connectivity index (χ2n) is 2.10. The Morgan fingerprint density at radius 1 is 1.56 bits per heavy atom. The monoisotopic (exact) mass is 121 g/mol. The highest BCUT2D eigenvalue weighted by molar-refractivity contribution is 5.47. The first-order valence-electron chi connectivity index (χ1n) is 3.06. The number of oxazole rings is 1. The van der Waals surface area contributed by atoms with Crippen molar-refractivity contribution in [1.82, 2.24) is 4.98 Å². The molecule has 0 atom stereocenters. The number of rotatable bonds is 0. The minimum atomic E-state index is 0.932. The van der Waals surface area contributed by atoms with E-state index in [0.717, 1.165) is 24.3 Å². The number of hydrogen-bond acceptors (Lipinski definition) is 2. The minimum Gasteiger partial charge on any atom is -0.444 e. The second-order valence-corrected chi connectivity index (χ2v) is 2.10. The molecular formula is C7H7NO. The third-order valence-electron chi connectivity index (χ3n) is 1.49. The van der Waals surface area contributed by atoms with Crippen molar-refractivity contribution in [2.75, 3.05) is 0 Å². The summed E-state index contributed by atoms with van der Waals surface area (Å²) in [6, 6.07) is 0. The Labute approximate surface area is 53.2 Å². The smallest absolute Gasteiger partial charge is 0.181 e. The predicted molar refractivity (Wildman–Crippen MR) is 33.9 cm³/mol. The van der Waals surface area contributed by atoms with Gasteiger partial charge in [-0.2, -0.15) is 0 Å². The fourth-order valence-corrected chi connectivity index (χ4v) is 1.01. The second kappa shape index (κ2) is 1.72. The van der Waals surface area contributed by atoms with Crippen molar-refractivity contribution in [3.8, 4) is 0 Å². The predicted octanol–water partition coefficient (Wildman–Crippen LogP) is 1.63. The summed E-state index contributed by atoms with van der Waals surface area (Å²) in [5.74, 6) is 0.932. The van der Waals surface area contributed by atoms with Gasteiger partial charge in [-0.15, -0.1) is 0 Å². The van der Waals surface area contributed by atoms with Crippen LogP contribution in [0.25, 0.3) is 6.08 Å². The van der Waals surface area contributed by atoms with Crippen molar-refractivity contribution < 1.29 is 4.42 Å². The summed E-state index contributed by atoms with van der Waals surface area (Å²) in [6.45, 7) is 0. The molecule has 2 nitrogen and oxygen atoms in total. The first kappa shape index (κ1) is 4.79. The molecule has 0 unspecified atom stereocenters. The molecule has 0 fully saturated rings. The summed E-state index contributed by atoms with van der Waals surface area (Å²) in [5, 5.41) is 0. The summed E-state index contributed by atoms with van der Waals surface area (Å²) in [4.78, 5) is 4.04. The van der Waals surface area contributed by atoms with Gasteiger partial charge < -0.3 is 4.42 Å². The Bertz CT molecular complexity index is 237. The topological polar surface area (TPSA) is 26.0 Å². The lowest BCUT2D eigenvalue weighted by Gasteiger charge is -1.98. The van der Waals surface area contributed by atoms with Crippen LogP contribution in [0.4, 0.5) is 0 Å². The van der Waals surface area contributed by atoms with E-state index in [-0.39, 0.29) is 0 Å². The van der Waals surface area contributed by atoms with Crippen LogP contribution in [-0.4, -0.2) is 4.98 Å². The van der Waals surface area contributed by atoms with Crippen LogP contribution in [0.2, 0.25) is 0 Å². The third kappa shape index (κ3) is 0.669. The van der Waals surface area contributed by atoms with Gasteiger partial charge in [-0.1, -0.05) is 6.08 Å². The summed E-state index contributed by atoms with van der Waals surface area (Å²) in [7, 11) is 0. The van der Waals surface area contributed by atoms with Gasteiger partial charge in [0.05, 0.1) is 5.69 Å². The number of allylic oxidation sites excluding steroid dienone is 1. The number of aromatic nitrogens is 1. The fraction of sp³-hybridized carbons (Fsp3) is 0.286. The number of hydrogen-bond donors (Lipinski definition) is 0. The van der Waals surface area contributed by atoms with Gasteiger partial charge in [0.2, 0.25) is 0 Å². The van der Waals surface area contributed by atoms with Gasteiger partial charge in [0.1, 0.15) is 5.76 Å². The molecule has 0 saturated carbocycles. The first-order valence-corrected chi connectivity index (χ1v) is 3.06. The van der Waals surface area contributed by atoms with Crippen LogP contribution in [0.15, 0.2) is 16.9 Å². The van der Waals surface area contributed by atoms with Gasteiger partial charge in [0, 0.05) is 0 Å². The van der Waals surface area contributed by atoms with E-state index in [2.05, 4.69) is 11.1 Å². The molecule has 0 N–H and O–H groups in total. The van der Waals surface area contributed by atoms with Gasteiger partial charge in [0.15, 0.2) is 6.39 Å². The summed E-state index contributed by atoms with van der Waals surface area (Å²) in [6.07, 6.45) is 7.71. The van der Waals surface area contributed by atoms with Crippen molar-refractivity contribution in [1.29, 1.82) is 0 Å². The standard InChI is InChI=1S/C7H7NO/c1-2-4-7-6(3-1)8-5-9-7/h2,4-5H,1,3H2. The highest BCUT2D eigenvalue weighted by Gasteiger charge is 2.06.